The minimum Gasteiger partial charge on any atom is -0.459 e. The third-order valence-electron chi connectivity index (χ3n) is 4.67. The molecule has 2 amide bonds. The first kappa shape index (κ1) is 23.2. The quantitative estimate of drug-likeness (QED) is 0.478. The maximum absolute atomic E-state index is 12.7. The Morgan fingerprint density at radius 2 is 1.56 bits per heavy atom. The predicted molar refractivity (Wildman–Crippen MR) is 122 cm³/mol. The van der Waals surface area contributed by atoms with Crippen molar-refractivity contribution in [3.8, 4) is 0 Å². The van der Waals surface area contributed by atoms with Crippen molar-refractivity contribution in [2.45, 2.75) is 32.1 Å². The molecule has 0 radical (unpaired) electrons. The molecule has 0 saturated carbocycles. The SMILES string of the molecule is Cc1cc(C)c(S(=O)(=O)NCCC(=O)Nc2cccc(NC(=O)c3ccco3)c2)c(C)c1. The number of hydrogen-bond acceptors (Lipinski definition) is 5. The van der Waals surface area contributed by atoms with Crippen LogP contribution in [0.5, 0.6) is 0 Å². The van der Waals surface area contributed by atoms with Crippen LogP contribution in [0.1, 0.15) is 33.7 Å². The molecule has 3 N–H and O–H groups in total. The highest BCUT2D eigenvalue weighted by Gasteiger charge is 2.20. The van der Waals surface area contributed by atoms with Crippen LogP contribution in [0.4, 0.5) is 11.4 Å². The molecule has 0 atom stereocenters. The van der Waals surface area contributed by atoms with Gasteiger partial charge in [-0.25, -0.2) is 13.1 Å². The van der Waals surface area contributed by atoms with Crippen LogP contribution < -0.4 is 15.4 Å². The second kappa shape index (κ2) is 9.80. The minimum atomic E-state index is -3.74. The van der Waals surface area contributed by atoms with E-state index in [-0.39, 0.29) is 29.5 Å². The van der Waals surface area contributed by atoms with Crippen LogP contribution in [0.15, 0.2) is 64.1 Å². The number of rotatable bonds is 8. The predicted octanol–water partition coefficient (Wildman–Crippen LogP) is 3.76. The van der Waals surface area contributed by atoms with Gasteiger partial charge in [-0.3, -0.25) is 9.59 Å². The molecule has 0 unspecified atom stereocenters. The molecule has 0 fully saturated rings. The number of amides is 2. The Bertz CT molecular complexity index is 1210. The first-order valence-electron chi connectivity index (χ1n) is 9.98. The zero-order valence-corrected chi connectivity index (χ0v) is 18.9. The lowest BCUT2D eigenvalue weighted by Gasteiger charge is -2.13. The smallest absolute Gasteiger partial charge is 0.291 e. The third kappa shape index (κ3) is 5.83. The molecule has 0 saturated heterocycles. The summed E-state index contributed by atoms with van der Waals surface area (Å²) in [5.74, 6) is -0.597. The average molecular weight is 456 g/mol. The van der Waals surface area contributed by atoms with Gasteiger partial charge in [0.15, 0.2) is 5.76 Å². The molecule has 0 aliphatic heterocycles. The number of nitrogens with one attached hydrogen (secondary N) is 3. The minimum absolute atomic E-state index is 0.0458. The van der Waals surface area contributed by atoms with Gasteiger partial charge in [0.05, 0.1) is 11.2 Å². The van der Waals surface area contributed by atoms with E-state index in [0.717, 1.165) is 5.56 Å². The van der Waals surface area contributed by atoms with E-state index in [1.807, 2.05) is 19.1 Å². The summed E-state index contributed by atoms with van der Waals surface area (Å²) < 4.78 is 32.9. The lowest BCUT2D eigenvalue weighted by Crippen LogP contribution is -2.29. The molecule has 9 heteroatoms. The van der Waals surface area contributed by atoms with E-state index in [9.17, 15) is 18.0 Å². The fourth-order valence-electron chi connectivity index (χ4n) is 3.46. The monoisotopic (exact) mass is 455 g/mol. The van der Waals surface area contributed by atoms with Crippen LogP contribution in [0.2, 0.25) is 0 Å². The molecule has 0 aliphatic carbocycles. The summed E-state index contributed by atoms with van der Waals surface area (Å²) >= 11 is 0. The van der Waals surface area contributed by atoms with Gasteiger partial charge in [0.2, 0.25) is 15.9 Å². The standard InChI is InChI=1S/C23H25N3O5S/c1-15-12-16(2)22(17(3)13-15)32(29,30)24-10-9-21(27)25-18-6-4-7-19(14-18)26-23(28)20-8-5-11-31-20/h4-8,11-14,24H,9-10H2,1-3H3,(H,25,27)(H,26,28). The van der Waals surface area contributed by atoms with E-state index < -0.39 is 15.9 Å². The fraction of sp³-hybridized carbons (Fsp3) is 0.217. The highest BCUT2D eigenvalue weighted by molar-refractivity contribution is 7.89. The Morgan fingerprint density at radius 3 is 2.19 bits per heavy atom. The third-order valence-corrected chi connectivity index (χ3v) is 6.43. The molecule has 3 aromatic rings. The van der Waals surface area contributed by atoms with E-state index in [4.69, 9.17) is 4.42 Å². The maximum atomic E-state index is 12.7. The molecule has 0 spiro atoms. The van der Waals surface area contributed by atoms with E-state index in [0.29, 0.717) is 22.5 Å². The average Bonchev–Trinajstić information content (AvgIpc) is 3.22. The molecular weight excluding hydrogens is 430 g/mol. The number of benzene rings is 2. The number of carbonyl (C=O) groups excluding carboxylic acids is 2. The van der Waals surface area contributed by atoms with Crippen molar-refractivity contribution in [1.82, 2.24) is 4.72 Å². The van der Waals surface area contributed by atoms with Gasteiger partial charge in [-0.2, -0.15) is 0 Å². The Balaban J connectivity index is 1.56. The summed E-state index contributed by atoms with van der Waals surface area (Å²) in [6.45, 7) is 5.36. The van der Waals surface area contributed by atoms with Crippen molar-refractivity contribution in [2.24, 2.45) is 0 Å². The van der Waals surface area contributed by atoms with Gasteiger partial charge in [-0.1, -0.05) is 23.8 Å². The topological polar surface area (TPSA) is 118 Å². The van der Waals surface area contributed by atoms with E-state index >= 15 is 0 Å². The van der Waals surface area contributed by atoms with Crippen LogP contribution in [-0.2, 0) is 14.8 Å². The van der Waals surface area contributed by atoms with Gasteiger partial charge in [0.25, 0.3) is 5.91 Å². The van der Waals surface area contributed by atoms with Crippen molar-refractivity contribution in [3.05, 3.63) is 77.2 Å². The van der Waals surface area contributed by atoms with Crippen LogP contribution in [0.3, 0.4) is 0 Å². The molecule has 32 heavy (non-hydrogen) atoms. The molecule has 1 heterocycles. The van der Waals surface area contributed by atoms with Crippen LogP contribution in [-0.4, -0.2) is 26.8 Å². The van der Waals surface area contributed by atoms with E-state index in [1.165, 1.54) is 6.26 Å². The zero-order chi connectivity index (χ0) is 23.3. The number of furan rings is 1. The van der Waals surface area contributed by atoms with Gasteiger partial charge >= 0.3 is 0 Å². The van der Waals surface area contributed by atoms with Crippen molar-refractivity contribution in [2.75, 3.05) is 17.2 Å². The van der Waals surface area contributed by atoms with Crippen molar-refractivity contribution >= 4 is 33.2 Å². The van der Waals surface area contributed by atoms with Crippen molar-refractivity contribution in [3.63, 3.8) is 0 Å². The van der Waals surface area contributed by atoms with Gasteiger partial charge in [0, 0.05) is 24.3 Å². The Labute approximate surface area is 187 Å². The number of carbonyl (C=O) groups is 2. The molecule has 8 nitrogen and oxygen atoms in total. The molecule has 168 valence electrons. The van der Waals surface area contributed by atoms with E-state index in [2.05, 4.69) is 15.4 Å². The van der Waals surface area contributed by atoms with E-state index in [1.54, 1.807) is 50.2 Å². The molecular formula is C23H25N3O5S. The van der Waals surface area contributed by atoms with Crippen molar-refractivity contribution in [1.29, 1.82) is 0 Å². The number of anilines is 2. The van der Waals surface area contributed by atoms with Gasteiger partial charge < -0.3 is 15.1 Å². The van der Waals surface area contributed by atoms with Gasteiger partial charge in [-0.15, -0.1) is 0 Å². The lowest BCUT2D eigenvalue weighted by atomic mass is 10.1. The molecule has 2 aromatic carbocycles. The highest BCUT2D eigenvalue weighted by atomic mass is 32.2. The van der Waals surface area contributed by atoms with Crippen LogP contribution >= 0.6 is 0 Å². The Kier molecular flexibility index (Phi) is 7.12. The molecule has 3 rings (SSSR count). The van der Waals surface area contributed by atoms with Gasteiger partial charge in [0.1, 0.15) is 0 Å². The summed E-state index contributed by atoms with van der Waals surface area (Å²) in [4.78, 5) is 24.6. The number of hydrogen-bond donors (Lipinski definition) is 3. The summed E-state index contributed by atoms with van der Waals surface area (Å²) in [6.07, 6.45) is 1.35. The second-order valence-corrected chi connectivity index (χ2v) is 9.14. The normalized spacial score (nSPS) is 11.2. The van der Waals surface area contributed by atoms with Gasteiger partial charge in [-0.05, 0) is 62.2 Å². The largest absolute Gasteiger partial charge is 0.459 e. The highest BCUT2D eigenvalue weighted by Crippen LogP contribution is 2.21. The van der Waals surface area contributed by atoms with Crippen LogP contribution in [0, 0.1) is 20.8 Å². The van der Waals surface area contributed by atoms with Crippen LogP contribution in [0.25, 0.3) is 0 Å². The second-order valence-electron chi connectivity index (χ2n) is 7.44. The fourth-order valence-corrected chi connectivity index (χ4v) is 4.94. The first-order chi connectivity index (χ1) is 15.2. The molecule has 0 aliphatic rings. The molecule has 0 bridgehead atoms. The Hall–Kier alpha value is -3.43. The Morgan fingerprint density at radius 1 is 0.906 bits per heavy atom. The zero-order valence-electron chi connectivity index (χ0n) is 18.1. The summed E-state index contributed by atoms with van der Waals surface area (Å²) in [5.41, 5.74) is 3.26. The summed E-state index contributed by atoms with van der Waals surface area (Å²) in [5, 5.41) is 5.38. The number of aryl methyl sites for hydroxylation is 3. The number of sulfonamides is 1. The lowest BCUT2D eigenvalue weighted by molar-refractivity contribution is -0.116. The van der Waals surface area contributed by atoms with Crippen molar-refractivity contribution < 1.29 is 22.4 Å². The molecule has 1 aromatic heterocycles. The summed E-state index contributed by atoms with van der Waals surface area (Å²) in [7, 11) is -3.74. The first-order valence-corrected chi connectivity index (χ1v) is 11.5. The summed E-state index contributed by atoms with van der Waals surface area (Å²) in [6, 6.07) is 13.4. The maximum Gasteiger partial charge on any atom is 0.291 e.